The van der Waals surface area contributed by atoms with Gasteiger partial charge in [0.05, 0.1) is 6.57 Å². The van der Waals surface area contributed by atoms with E-state index in [1.807, 2.05) is 24.3 Å². The topological polar surface area (TPSA) is 4.36 Å². The van der Waals surface area contributed by atoms with Gasteiger partial charge in [-0.05, 0) is 11.5 Å². The Morgan fingerprint density at radius 1 is 1.27 bits per heavy atom. The first-order chi connectivity index (χ1) is 5.25. The highest BCUT2D eigenvalue weighted by Gasteiger charge is 2.03. The minimum atomic E-state index is 0.445. The van der Waals surface area contributed by atoms with Gasteiger partial charge in [-0.15, -0.1) is 0 Å². The van der Waals surface area contributed by atoms with Crippen LogP contribution in [0.5, 0.6) is 0 Å². The van der Waals surface area contributed by atoms with Crippen LogP contribution in [0, 0.1) is 6.57 Å². The van der Waals surface area contributed by atoms with E-state index in [0.29, 0.717) is 5.92 Å². The van der Waals surface area contributed by atoms with Gasteiger partial charge in [0.15, 0.2) is 5.69 Å². The summed E-state index contributed by atoms with van der Waals surface area (Å²) in [5, 5.41) is 0. The lowest BCUT2D eigenvalue weighted by atomic mass is 10.0. The molecule has 1 rings (SSSR count). The highest BCUT2D eigenvalue weighted by molar-refractivity contribution is 5.53. The Labute approximate surface area is 67.5 Å². The summed E-state index contributed by atoms with van der Waals surface area (Å²) in [7, 11) is 0. The summed E-state index contributed by atoms with van der Waals surface area (Å²) in [6.45, 7) is 11.1. The highest BCUT2D eigenvalue weighted by atomic mass is 14.6. The smallest absolute Gasteiger partial charge is 0.190 e. The maximum atomic E-state index is 6.90. The molecule has 0 aliphatic rings. The SMILES string of the molecule is [C-]#[N+]c1ccccc1C(C)C. The molecule has 0 radical (unpaired) electrons. The molecule has 0 heterocycles. The summed E-state index contributed by atoms with van der Waals surface area (Å²) < 4.78 is 0. The molecule has 0 spiro atoms. The maximum absolute atomic E-state index is 6.90. The standard InChI is InChI=1S/C10H11N/c1-8(2)9-6-4-5-7-10(9)11-3/h4-8H,1-2H3. The number of nitrogens with zero attached hydrogens (tertiary/aromatic N) is 1. The number of hydrogen-bond acceptors (Lipinski definition) is 0. The van der Waals surface area contributed by atoms with Gasteiger partial charge >= 0.3 is 0 Å². The first kappa shape index (κ1) is 7.81. The molecule has 0 unspecified atom stereocenters. The van der Waals surface area contributed by atoms with Crippen molar-refractivity contribution in [3.05, 3.63) is 41.2 Å². The molecule has 0 N–H and O–H groups in total. The van der Waals surface area contributed by atoms with E-state index in [4.69, 9.17) is 6.57 Å². The normalized spacial score (nSPS) is 9.64. The van der Waals surface area contributed by atoms with Crippen molar-refractivity contribution >= 4 is 5.69 Å². The van der Waals surface area contributed by atoms with Crippen molar-refractivity contribution in [2.24, 2.45) is 0 Å². The van der Waals surface area contributed by atoms with Crippen LogP contribution >= 0.6 is 0 Å². The predicted molar refractivity (Wildman–Crippen MR) is 46.8 cm³/mol. The minimum Gasteiger partial charge on any atom is -0.238 e. The van der Waals surface area contributed by atoms with E-state index < -0.39 is 0 Å². The molecular weight excluding hydrogens is 134 g/mol. The van der Waals surface area contributed by atoms with Gasteiger partial charge in [-0.25, -0.2) is 4.85 Å². The van der Waals surface area contributed by atoms with Gasteiger partial charge in [0.1, 0.15) is 0 Å². The first-order valence-corrected chi connectivity index (χ1v) is 3.72. The van der Waals surface area contributed by atoms with Crippen LogP contribution in [0.2, 0.25) is 0 Å². The summed E-state index contributed by atoms with van der Waals surface area (Å²) >= 11 is 0. The molecule has 0 saturated heterocycles. The average Bonchev–Trinajstić information content (AvgIpc) is 2.04. The summed E-state index contributed by atoms with van der Waals surface area (Å²) in [5.41, 5.74) is 1.92. The number of hydrogen-bond donors (Lipinski definition) is 0. The summed E-state index contributed by atoms with van der Waals surface area (Å²) in [5.74, 6) is 0.445. The van der Waals surface area contributed by atoms with E-state index in [1.165, 1.54) is 0 Å². The molecule has 0 aromatic heterocycles. The van der Waals surface area contributed by atoms with Gasteiger partial charge in [0.25, 0.3) is 0 Å². The third-order valence-electron chi connectivity index (χ3n) is 1.68. The van der Waals surface area contributed by atoms with Crippen molar-refractivity contribution < 1.29 is 0 Å². The second kappa shape index (κ2) is 3.21. The van der Waals surface area contributed by atoms with Crippen LogP contribution in [0.25, 0.3) is 4.85 Å². The van der Waals surface area contributed by atoms with E-state index in [-0.39, 0.29) is 0 Å². The van der Waals surface area contributed by atoms with Gasteiger partial charge in [0, 0.05) is 0 Å². The third kappa shape index (κ3) is 1.59. The Hall–Kier alpha value is -1.29. The minimum absolute atomic E-state index is 0.445. The average molecular weight is 145 g/mol. The van der Waals surface area contributed by atoms with Crippen molar-refractivity contribution in [3.63, 3.8) is 0 Å². The van der Waals surface area contributed by atoms with E-state index >= 15 is 0 Å². The predicted octanol–water partition coefficient (Wildman–Crippen LogP) is 3.36. The maximum Gasteiger partial charge on any atom is 0.190 e. The number of rotatable bonds is 1. The molecule has 11 heavy (non-hydrogen) atoms. The largest absolute Gasteiger partial charge is 0.238 e. The second-order valence-electron chi connectivity index (χ2n) is 2.83. The third-order valence-corrected chi connectivity index (χ3v) is 1.68. The van der Waals surface area contributed by atoms with E-state index in [1.54, 1.807) is 0 Å². The van der Waals surface area contributed by atoms with Crippen LogP contribution < -0.4 is 0 Å². The zero-order chi connectivity index (χ0) is 8.27. The molecule has 0 atom stereocenters. The molecule has 0 bridgehead atoms. The molecule has 1 aromatic carbocycles. The second-order valence-corrected chi connectivity index (χ2v) is 2.83. The molecule has 0 fully saturated rings. The van der Waals surface area contributed by atoms with Crippen molar-refractivity contribution in [1.29, 1.82) is 0 Å². The monoisotopic (exact) mass is 145 g/mol. The van der Waals surface area contributed by atoms with E-state index in [2.05, 4.69) is 18.7 Å². The molecule has 0 amide bonds. The molecule has 1 heteroatoms. The summed E-state index contributed by atoms with van der Waals surface area (Å²) in [6, 6.07) is 7.75. The van der Waals surface area contributed by atoms with E-state index in [0.717, 1.165) is 11.3 Å². The van der Waals surface area contributed by atoms with Crippen molar-refractivity contribution in [2.75, 3.05) is 0 Å². The van der Waals surface area contributed by atoms with Crippen LogP contribution in [0.15, 0.2) is 24.3 Å². The molecule has 0 saturated carbocycles. The Morgan fingerprint density at radius 2 is 1.91 bits per heavy atom. The van der Waals surface area contributed by atoms with Crippen LogP contribution in [-0.2, 0) is 0 Å². The lowest BCUT2D eigenvalue weighted by Gasteiger charge is -2.05. The van der Waals surface area contributed by atoms with Gasteiger partial charge in [-0.1, -0.05) is 38.1 Å². The Morgan fingerprint density at radius 3 is 2.36 bits per heavy atom. The fourth-order valence-electron chi connectivity index (χ4n) is 1.08. The summed E-state index contributed by atoms with van der Waals surface area (Å²) in [4.78, 5) is 3.44. The fraction of sp³-hybridized carbons (Fsp3) is 0.300. The Bertz CT molecular complexity index is 281. The van der Waals surface area contributed by atoms with Gasteiger partial charge in [-0.3, -0.25) is 0 Å². The van der Waals surface area contributed by atoms with Gasteiger partial charge < -0.3 is 0 Å². The lowest BCUT2D eigenvalue weighted by Crippen LogP contribution is -1.85. The molecule has 1 aromatic rings. The van der Waals surface area contributed by atoms with Crippen LogP contribution in [0.1, 0.15) is 25.3 Å². The summed E-state index contributed by atoms with van der Waals surface area (Å²) in [6.07, 6.45) is 0. The number of para-hydroxylation sites is 1. The zero-order valence-electron chi connectivity index (χ0n) is 6.83. The van der Waals surface area contributed by atoms with Gasteiger partial charge in [-0.2, -0.15) is 0 Å². The highest BCUT2D eigenvalue weighted by Crippen LogP contribution is 2.25. The Balaban J connectivity index is 3.15. The van der Waals surface area contributed by atoms with Crippen molar-refractivity contribution in [3.8, 4) is 0 Å². The fourth-order valence-corrected chi connectivity index (χ4v) is 1.08. The van der Waals surface area contributed by atoms with Crippen molar-refractivity contribution in [2.45, 2.75) is 19.8 Å². The lowest BCUT2D eigenvalue weighted by molar-refractivity contribution is 0.871. The van der Waals surface area contributed by atoms with Crippen LogP contribution in [-0.4, -0.2) is 0 Å². The van der Waals surface area contributed by atoms with Crippen LogP contribution in [0.4, 0.5) is 5.69 Å². The van der Waals surface area contributed by atoms with Crippen molar-refractivity contribution in [1.82, 2.24) is 0 Å². The molecular formula is C10H11N. The quantitative estimate of drug-likeness (QED) is 0.534. The number of benzene rings is 1. The molecule has 56 valence electrons. The zero-order valence-corrected chi connectivity index (χ0v) is 6.83. The molecule has 0 aliphatic carbocycles. The van der Waals surface area contributed by atoms with Gasteiger partial charge in [0.2, 0.25) is 0 Å². The molecule has 0 aliphatic heterocycles. The first-order valence-electron chi connectivity index (χ1n) is 3.72. The van der Waals surface area contributed by atoms with Crippen LogP contribution in [0.3, 0.4) is 0 Å². The molecule has 1 nitrogen and oxygen atoms in total. The van der Waals surface area contributed by atoms with E-state index in [9.17, 15) is 0 Å². The Kier molecular flexibility index (Phi) is 2.28.